The molecule has 0 aromatic rings. The highest BCUT2D eigenvalue weighted by Crippen LogP contribution is 1.85. The molecule has 0 fully saturated rings. The smallest absolute Gasteiger partial charge is 0.0135 e. The molecule has 0 atom stereocenters. The van der Waals surface area contributed by atoms with Crippen molar-refractivity contribution < 1.29 is 0 Å². The maximum absolute atomic E-state index is 3.44. The number of rotatable bonds is 16. The maximum atomic E-state index is 3.44. The highest BCUT2D eigenvalue weighted by atomic mass is 35.5. The molecular formula is C16H46Cl10N4. The van der Waals surface area contributed by atoms with Crippen molar-refractivity contribution in [3.05, 3.63) is 12.2 Å². The molecule has 0 aliphatic heterocycles. The van der Waals surface area contributed by atoms with Gasteiger partial charge in [0.15, 0.2) is 0 Å². The summed E-state index contributed by atoms with van der Waals surface area (Å²) in [6.07, 6.45) is 9.47. The van der Waals surface area contributed by atoms with E-state index < -0.39 is 0 Å². The molecule has 200 valence electrons. The van der Waals surface area contributed by atoms with Gasteiger partial charge >= 0.3 is 0 Å². The number of halogens is 10. The Labute approximate surface area is 247 Å². The number of hydrogen-bond acceptors (Lipinski definition) is 4. The molecule has 14 heteroatoms. The molecule has 0 unspecified atom stereocenters. The summed E-state index contributed by atoms with van der Waals surface area (Å²) in [5.74, 6) is 0. The summed E-state index contributed by atoms with van der Waals surface area (Å²) in [5, 5.41) is 13.6. The molecule has 0 aromatic carbocycles. The van der Waals surface area contributed by atoms with E-state index in [2.05, 4.69) is 47.3 Å². The Balaban J connectivity index is -0.0000000401. The number of unbranched alkanes of at least 4 members (excludes halogenated alkanes) is 2. The monoisotopic (exact) mass is 644 g/mol. The normalized spacial score (nSPS) is 7.67. The van der Waals surface area contributed by atoms with Crippen LogP contribution < -0.4 is 21.3 Å². The second kappa shape index (κ2) is 69.7. The Bertz CT molecular complexity index is 202. The fourth-order valence-corrected chi connectivity index (χ4v) is 1.89. The van der Waals surface area contributed by atoms with E-state index in [1.54, 1.807) is 0 Å². The van der Waals surface area contributed by atoms with Gasteiger partial charge in [-0.15, -0.1) is 124 Å². The highest BCUT2D eigenvalue weighted by molar-refractivity contribution is 5.86. The van der Waals surface area contributed by atoms with Gasteiger partial charge < -0.3 is 21.3 Å². The molecule has 0 saturated heterocycles. The van der Waals surface area contributed by atoms with Crippen LogP contribution in [0.3, 0.4) is 0 Å². The fourth-order valence-electron chi connectivity index (χ4n) is 1.89. The SMILES string of the molecule is CCNCCCCNC/C=C\CNCCCCNCC.Cl.Cl.Cl.Cl.Cl.Cl.Cl.Cl.Cl.Cl. The van der Waals surface area contributed by atoms with Crippen molar-refractivity contribution >= 4 is 124 Å². The Kier molecular flexibility index (Phi) is 162. The quantitative estimate of drug-likeness (QED) is 0.128. The molecule has 4 nitrogen and oxygen atoms in total. The third-order valence-electron chi connectivity index (χ3n) is 3.11. The summed E-state index contributed by atoms with van der Waals surface area (Å²) >= 11 is 0. The van der Waals surface area contributed by atoms with Crippen molar-refractivity contribution in [1.29, 1.82) is 0 Å². The molecule has 0 aromatic heterocycles. The zero-order valence-electron chi connectivity index (χ0n) is 17.7. The molecule has 0 radical (unpaired) electrons. The summed E-state index contributed by atoms with van der Waals surface area (Å²) in [6.45, 7) is 13.0. The van der Waals surface area contributed by atoms with Crippen LogP contribution in [-0.2, 0) is 0 Å². The van der Waals surface area contributed by atoms with Crippen LogP contribution in [-0.4, -0.2) is 52.4 Å². The van der Waals surface area contributed by atoms with Gasteiger partial charge in [0.2, 0.25) is 0 Å². The first-order chi connectivity index (χ1) is 9.91. The summed E-state index contributed by atoms with van der Waals surface area (Å²) < 4.78 is 0. The van der Waals surface area contributed by atoms with E-state index in [1.165, 1.54) is 25.7 Å². The molecule has 4 N–H and O–H groups in total. The van der Waals surface area contributed by atoms with E-state index in [1.807, 2.05) is 0 Å². The topological polar surface area (TPSA) is 48.1 Å². The second-order valence-corrected chi connectivity index (χ2v) is 5.00. The molecule has 0 amide bonds. The van der Waals surface area contributed by atoms with Crippen molar-refractivity contribution in [2.45, 2.75) is 39.5 Å². The van der Waals surface area contributed by atoms with E-state index in [4.69, 9.17) is 0 Å². The molecule has 0 spiro atoms. The van der Waals surface area contributed by atoms with Crippen molar-refractivity contribution in [3.63, 3.8) is 0 Å². The molecule has 0 aliphatic carbocycles. The Morgan fingerprint density at radius 1 is 0.400 bits per heavy atom. The van der Waals surface area contributed by atoms with Crippen molar-refractivity contribution in [2.24, 2.45) is 0 Å². The highest BCUT2D eigenvalue weighted by Gasteiger charge is 1.88. The van der Waals surface area contributed by atoms with Gasteiger partial charge in [-0.3, -0.25) is 0 Å². The van der Waals surface area contributed by atoms with Crippen LogP contribution in [0, 0.1) is 0 Å². The van der Waals surface area contributed by atoms with Gasteiger partial charge in [0.25, 0.3) is 0 Å². The Morgan fingerprint density at radius 2 is 0.633 bits per heavy atom. The van der Waals surface area contributed by atoms with E-state index >= 15 is 0 Å². The van der Waals surface area contributed by atoms with Gasteiger partial charge in [-0.05, 0) is 65.0 Å². The molecule has 0 rings (SSSR count). The summed E-state index contributed by atoms with van der Waals surface area (Å²) in [4.78, 5) is 0. The van der Waals surface area contributed by atoms with Crippen LogP contribution in [0.4, 0.5) is 0 Å². The predicted octanol–water partition coefficient (Wildman–Crippen LogP) is 5.72. The standard InChI is InChI=1S/C16H36N4.10ClH/c1-3-17-11-5-7-13-19-15-9-10-16-20-14-8-6-12-18-4-2;;;;;;;;;;/h9-10,17-20H,3-8,11-16H2,1-2H3;10*1H/b10-9-;;;;;;;;;;. The zero-order valence-corrected chi connectivity index (χ0v) is 25.9. The van der Waals surface area contributed by atoms with Crippen LogP contribution in [0.1, 0.15) is 39.5 Å². The van der Waals surface area contributed by atoms with Crippen LogP contribution in [0.25, 0.3) is 0 Å². The minimum absolute atomic E-state index is 0. The van der Waals surface area contributed by atoms with Gasteiger partial charge in [0.1, 0.15) is 0 Å². The number of hydrogen-bond donors (Lipinski definition) is 4. The largest absolute Gasteiger partial charge is 0.317 e. The Morgan fingerprint density at radius 3 is 0.867 bits per heavy atom. The maximum Gasteiger partial charge on any atom is 0.0135 e. The molecule has 0 heterocycles. The van der Waals surface area contributed by atoms with E-state index in [0.29, 0.717) is 0 Å². The first kappa shape index (κ1) is 69.8. The second-order valence-electron chi connectivity index (χ2n) is 5.00. The van der Waals surface area contributed by atoms with E-state index in [0.717, 1.165) is 52.4 Å². The third kappa shape index (κ3) is 69.8. The van der Waals surface area contributed by atoms with Crippen molar-refractivity contribution in [3.8, 4) is 0 Å². The van der Waals surface area contributed by atoms with Crippen LogP contribution >= 0.6 is 124 Å². The van der Waals surface area contributed by atoms with Crippen molar-refractivity contribution in [2.75, 3.05) is 52.4 Å². The average molecular weight is 649 g/mol. The minimum atomic E-state index is 0. The lowest BCUT2D eigenvalue weighted by Gasteiger charge is -2.03. The molecule has 0 aliphatic rings. The van der Waals surface area contributed by atoms with E-state index in [-0.39, 0.29) is 124 Å². The summed E-state index contributed by atoms with van der Waals surface area (Å²) in [5.41, 5.74) is 0. The predicted molar refractivity (Wildman–Crippen MR) is 163 cm³/mol. The molecule has 0 bridgehead atoms. The van der Waals surface area contributed by atoms with Gasteiger partial charge in [-0.2, -0.15) is 0 Å². The van der Waals surface area contributed by atoms with E-state index in [9.17, 15) is 0 Å². The first-order valence-corrected chi connectivity index (χ1v) is 8.39. The summed E-state index contributed by atoms with van der Waals surface area (Å²) in [6, 6.07) is 0. The van der Waals surface area contributed by atoms with Crippen LogP contribution in [0.5, 0.6) is 0 Å². The van der Waals surface area contributed by atoms with Crippen LogP contribution in [0.2, 0.25) is 0 Å². The van der Waals surface area contributed by atoms with Gasteiger partial charge in [-0.1, -0.05) is 26.0 Å². The fraction of sp³-hybridized carbons (Fsp3) is 0.875. The first-order valence-electron chi connectivity index (χ1n) is 8.39. The molecule has 30 heavy (non-hydrogen) atoms. The van der Waals surface area contributed by atoms with Gasteiger partial charge in [0.05, 0.1) is 0 Å². The lowest BCUT2D eigenvalue weighted by molar-refractivity contribution is 0.605. The van der Waals surface area contributed by atoms with Crippen LogP contribution in [0.15, 0.2) is 12.2 Å². The lowest BCUT2D eigenvalue weighted by Crippen LogP contribution is -2.20. The minimum Gasteiger partial charge on any atom is -0.317 e. The van der Waals surface area contributed by atoms with Gasteiger partial charge in [-0.25, -0.2) is 0 Å². The third-order valence-corrected chi connectivity index (χ3v) is 3.11. The lowest BCUT2D eigenvalue weighted by atomic mass is 10.3. The molecule has 0 saturated carbocycles. The average Bonchev–Trinajstić information content (AvgIpc) is 2.47. The molecular weight excluding hydrogens is 603 g/mol. The van der Waals surface area contributed by atoms with Gasteiger partial charge in [0, 0.05) is 13.1 Å². The number of nitrogens with one attached hydrogen (secondary N) is 4. The Hall–Kier alpha value is 2.48. The zero-order chi connectivity index (χ0) is 14.7. The van der Waals surface area contributed by atoms with Crippen molar-refractivity contribution in [1.82, 2.24) is 21.3 Å². The summed E-state index contributed by atoms with van der Waals surface area (Å²) in [7, 11) is 0.